The van der Waals surface area contributed by atoms with Crippen LogP contribution in [0.15, 0.2) is 18.2 Å². The van der Waals surface area contributed by atoms with Gasteiger partial charge in [0.25, 0.3) is 0 Å². The number of carbonyl (C=O) groups excluding carboxylic acids is 1. The minimum atomic E-state index is -1.09. The molecule has 0 bridgehead atoms. The van der Waals surface area contributed by atoms with Crippen molar-refractivity contribution < 1.29 is 24.2 Å². The summed E-state index contributed by atoms with van der Waals surface area (Å²) in [5.41, 5.74) is 6.73. The second-order valence-corrected chi connectivity index (χ2v) is 6.46. The number of likely N-dealkylation sites (N-methyl/N-ethyl adjacent to an activating group) is 1. The van der Waals surface area contributed by atoms with Gasteiger partial charge in [-0.2, -0.15) is 0 Å². The largest absolute Gasteiger partial charge is 0.481 e. The van der Waals surface area contributed by atoms with Gasteiger partial charge < -0.3 is 25.6 Å². The lowest BCUT2D eigenvalue weighted by atomic mass is 10.0. The van der Waals surface area contributed by atoms with Gasteiger partial charge in [0.15, 0.2) is 11.5 Å². The average Bonchev–Trinajstić information content (AvgIpc) is 3.02. The van der Waals surface area contributed by atoms with Crippen molar-refractivity contribution >= 4 is 11.9 Å². The zero-order chi connectivity index (χ0) is 19.3. The molecule has 8 nitrogen and oxygen atoms in total. The Labute approximate surface area is 153 Å². The van der Waals surface area contributed by atoms with Crippen molar-refractivity contribution in [2.45, 2.75) is 51.9 Å². The number of carboxylic acids is 1. The van der Waals surface area contributed by atoms with Crippen LogP contribution >= 0.6 is 0 Å². The van der Waals surface area contributed by atoms with Gasteiger partial charge in [-0.1, -0.05) is 13.0 Å². The van der Waals surface area contributed by atoms with Gasteiger partial charge in [0.1, 0.15) is 0 Å². The molecule has 8 heteroatoms. The van der Waals surface area contributed by atoms with Crippen molar-refractivity contribution in [1.29, 1.82) is 0 Å². The van der Waals surface area contributed by atoms with E-state index in [4.69, 9.17) is 20.3 Å². The van der Waals surface area contributed by atoms with Gasteiger partial charge in [-0.3, -0.25) is 14.5 Å². The van der Waals surface area contributed by atoms with Crippen molar-refractivity contribution in [3.05, 3.63) is 23.8 Å². The maximum absolute atomic E-state index is 12.1. The molecule has 0 saturated heterocycles. The maximum Gasteiger partial charge on any atom is 0.305 e. The Balaban J connectivity index is 1.95. The minimum absolute atomic E-state index is 0.145. The number of amides is 1. The van der Waals surface area contributed by atoms with Crippen LogP contribution in [0, 0.1) is 0 Å². The van der Waals surface area contributed by atoms with Gasteiger partial charge in [-0.15, -0.1) is 0 Å². The molecule has 0 aliphatic carbocycles. The van der Waals surface area contributed by atoms with E-state index >= 15 is 0 Å². The van der Waals surface area contributed by atoms with Crippen molar-refractivity contribution in [2.24, 2.45) is 5.73 Å². The summed E-state index contributed by atoms with van der Waals surface area (Å²) in [6, 6.07) is 4.96. The maximum atomic E-state index is 12.1. The van der Waals surface area contributed by atoms with E-state index in [-0.39, 0.29) is 19.0 Å². The van der Waals surface area contributed by atoms with Gasteiger partial charge >= 0.3 is 5.97 Å². The standard InChI is InChI=1S/C18H27N3O5/c1-4-21(12(3)20-18(24)14(19)9-17(22)23)11(2)7-13-5-6-15-16(8-13)26-10-25-15/h5-6,8,11-12,14H,4,7,9-10,19H2,1-3H3,(H,20,24)(H,22,23). The van der Waals surface area contributed by atoms with E-state index in [2.05, 4.69) is 17.1 Å². The molecule has 3 atom stereocenters. The lowest BCUT2D eigenvalue weighted by Crippen LogP contribution is -2.54. The summed E-state index contributed by atoms with van der Waals surface area (Å²) >= 11 is 0. The molecule has 1 aliphatic rings. The number of fused-ring (bicyclic) bond motifs is 1. The SMILES string of the molecule is CCN(C(C)Cc1ccc2c(c1)OCO2)C(C)NC(=O)C(N)CC(=O)O. The van der Waals surface area contributed by atoms with Crippen LogP contribution in [0.5, 0.6) is 11.5 Å². The van der Waals surface area contributed by atoms with Crippen molar-refractivity contribution in [1.82, 2.24) is 10.2 Å². The van der Waals surface area contributed by atoms with Crippen LogP contribution in [0.3, 0.4) is 0 Å². The van der Waals surface area contributed by atoms with Crippen molar-refractivity contribution in [3.8, 4) is 11.5 Å². The molecule has 0 aromatic heterocycles. The van der Waals surface area contributed by atoms with E-state index in [0.29, 0.717) is 0 Å². The first-order chi connectivity index (χ1) is 12.3. The molecule has 0 saturated carbocycles. The summed E-state index contributed by atoms with van der Waals surface area (Å²) in [5.74, 6) is -0.0574. The molecule has 1 aromatic carbocycles. The smallest absolute Gasteiger partial charge is 0.305 e. The molecule has 26 heavy (non-hydrogen) atoms. The van der Waals surface area contributed by atoms with E-state index in [1.165, 1.54) is 0 Å². The van der Waals surface area contributed by atoms with Crippen LogP contribution in [-0.4, -0.2) is 53.5 Å². The number of hydrogen-bond acceptors (Lipinski definition) is 6. The molecule has 0 spiro atoms. The molecule has 2 rings (SSSR count). The van der Waals surface area contributed by atoms with Crippen LogP contribution in [0.4, 0.5) is 0 Å². The van der Waals surface area contributed by atoms with E-state index < -0.39 is 24.3 Å². The third kappa shape index (κ3) is 5.09. The molecule has 3 unspecified atom stereocenters. The van der Waals surface area contributed by atoms with Gasteiger partial charge in [0.2, 0.25) is 12.7 Å². The number of carboxylic acid groups (broad SMARTS) is 1. The van der Waals surface area contributed by atoms with Crippen LogP contribution in [0.25, 0.3) is 0 Å². The number of nitrogens with one attached hydrogen (secondary N) is 1. The van der Waals surface area contributed by atoms with Gasteiger partial charge in [-0.05, 0) is 44.5 Å². The summed E-state index contributed by atoms with van der Waals surface area (Å²) in [5, 5.41) is 11.6. The lowest BCUT2D eigenvalue weighted by molar-refractivity contribution is -0.139. The van der Waals surface area contributed by atoms with Gasteiger partial charge in [0, 0.05) is 6.04 Å². The summed E-state index contributed by atoms with van der Waals surface area (Å²) in [6.45, 7) is 6.92. The predicted octanol–water partition coefficient (Wildman–Crippen LogP) is 0.932. The zero-order valence-corrected chi connectivity index (χ0v) is 15.4. The molecular formula is C18H27N3O5. The Bertz CT molecular complexity index is 652. The first-order valence-electron chi connectivity index (χ1n) is 8.73. The van der Waals surface area contributed by atoms with Crippen LogP contribution in [0.1, 0.15) is 32.8 Å². The van der Waals surface area contributed by atoms with Crippen LogP contribution in [0.2, 0.25) is 0 Å². The third-order valence-corrected chi connectivity index (χ3v) is 4.48. The molecule has 1 amide bonds. The lowest BCUT2D eigenvalue weighted by Gasteiger charge is -2.34. The van der Waals surface area contributed by atoms with Gasteiger partial charge in [0.05, 0.1) is 18.6 Å². The molecule has 1 aromatic rings. The molecule has 1 heterocycles. The van der Waals surface area contributed by atoms with E-state index in [1.54, 1.807) is 0 Å². The molecule has 0 radical (unpaired) electrons. The quantitative estimate of drug-likeness (QED) is 0.558. The number of rotatable bonds is 9. The molecule has 0 fully saturated rings. The Morgan fingerprint density at radius 1 is 1.31 bits per heavy atom. The topological polar surface area (TPSA) is 114 Å². The second kappa shape index (κ2) is 8.86. The van der Waals surface area contributed by atoms with E-state index in [1.807, 2.05) is 32.0 Å². The average molecular weight is 365 g/mol. The van der Waals surface area contributed by atoms with Crippen molar-refractivity contribution in [3.63, 3.8) is 0 Å². The number of nitrogens with zero attached hydrogens (tertiary/aromatic N) is 1. The number of carbonyl (C=O) groups is 2. The Kier molecular flexibility index (Phi) is 6.82. The molecule has 144 valence electrons. The monoisotopic (exact) mass is 365 g/mol. The zero-order valence-electron chi connectivity index (χ0n) is 15.4. The number of nitrogens with two attached hydrogens (primary N) is 1. The number of benzene rings is 1. The minimum Gasteiger partial charge on any atom is -0.481 e. The third-order valence-electron chi connectivity index (χ3n) is 4.48. The summed E-state index contributed by atoms with van der Waals surface area (Å²) in [6.07, 6.45) is 0.111. The molecule has 1 aliphatic heterocycles. The highest BCUT2D eigenvalue weighted by molar-refractivity contribution is 5.86. The van der Waals surface area contributed by atoms with Crippen molar-refractivity contribution in [2.75, 3.05) is 13.3 Å². The normalized spacial score (nSPS) is 16.2. The fourth-order valence-corrected chi connectivity index (χ4v) is 3.17. The van der Waals surface area contributed by atoms with E-state index in [9.17, 15) is 9.59 Å². The number of ether oxygens (including phenoxy) is 2. The summed E-state index contributed by atoms with van der Waals surface area (Å²) in [7, 11) is 0. The number of hydrogen-bond donors (Lipinski definition) is 3. The highest BCUT2D eigenvalue weighted by atomic mass is 16.7. The fourth-order valence-electron chi connectivity index (χ4n) is 3.17. The fraction of sp³-hybridized carbons (Fsp3) is 0.556. The predicted molar refractivity (Wildman–Crippen MR) is 95.9 cm³/mol. The van der Waals surface area contributed by atoms with E-state index in [0.717, 1.165) is 30.0 Å². The Morgan fingerprint density at radius 3 is 2.65 bits per heavy atom. The Morgan fingerprint density at radius 2 is 2.00 bits per heavy atom. The Hall–Kier alpha value is -2.32. The van der Waals surface area contributed by atoms with Crippen LogP contribution < -0.4 is 20.5 Å². The first-order valence-corrected chi connectivity index (χ1v) is 8.73. The highest BCUT2D eigenvalue weighted by Gasteiger charge is 2.24. The molecular weight excluding hydrogens is 338 g/mol. The summed E-state index contributed by atoms with van der Waals surface area (Å²) in [4.78, 5) is 24.9. The van der Waals surface area contributed by atoms with Gasteiger partial charge in [-0.25, -0.2) is 0 Å². The van der Waals surface area contributed by atoms with Crippen LogP contribution in [-0.2, 0) is 16.0 Å². The second-order valence-electron chi connectivity index (χ2n) is 6.46. The summed E-state index contributed by atoms with van der Waals surface area (Å²) < 4.78 is 10.7. The number of aliphatic carboxylic acids is 1. The first kappa shape index (κ1) is 20.0. The molecule has 4 N–H and O–H groups in total. The highest BCUT2D eigenvalue weighted by Crippen LogP contribution is 2.33.